The third-order valence-corrected chi connectivity index (χ3v) is 2.93. The molecule has 2 N–H and O–H groups in total. The number of rotatable bonds is 2. The van der Waals surface area contributed by atoms with Gasteiger partial charge in [0.1, 0.15) is 6.07 Å². The molecule has 0 amide bonds. The highest BCUT2D eigenvalue weighted by molar-refractivity contribution is 5.68. The minimum atomic E-state index is 0.506. The van der Waals surface area contributed by atoms with Gasteiger partial charge in [0.15, 0.2) is 0 Å². The molecule has 90 valence electrons. The van der Waals surface area contributed by atoms with Crippen molar-refractivity contribution in [2.24, 2.45) is 0 Å². The van der Waals surface area contributed by atoms with Crippen LogP contribution in [0.15, 0.2) is 42.5 Å². The minimum absolute atomic E-state index is 0.506. The number of benzene rings is 2. The van der Waals surface area contributed by atoms with Crippen LogP contribution in [0.5, 0.6) is 0 Å². The number of hydrogen-bond donors (Lipinski definition) is 1. The van der Waals surface area contributed by atoms with Gasteiger partial charge in [-0.1, -0.05) is 12.1 Å². The molecule has 0 saturated heterocycles. The Labute approximate surface area is 107 Å². The molecule has 0 bridgehead atoms. The van der Waals surface area contributed by atoms with Gasteiger partial charge >= 0.3 is 0 Å². The van der Waals surface area contributed by atoms with E-state index in [0.717, 1.165) is 11.4 Å². The molecule has 0 aliphatic carbocycles. The highest BCUT2D eigenvalue weighted by Crippen LogP contribution is 2.26. The third kappa shape index (κ3) is 2.28. The average Bonchev–Trinajstić information content (AvgIpc) is 2.38. The van der Waals surface area contributed by atoms with Crippen LogP contribution in [-0.4, -0.2) is 7.05 Å². The lowest BCUT2D eigenvalue weighted by molar-refractivity contribution is 1.20. The topological polar surface area (TPSA) is 53.0 Å². The van der Waals surface area contributed by atoms with E-state index in [9.17, 15) is 0 Å². The van der Waals surface area contributed by atoms with E-state index in [4.69, 9.17) is 11.0 Å². The van der Waals surface area contributed by atoms with Gasteiger partial charge in [-0.25, -0.2) is 0 Å². The van der Waals surface area contributed by atoms with Crippen LogP contribution in [-0.2, 0) is 0 Å². The molecule has 3 heteroatoms. The van der Waals surface area contributed by atoms with Crippen molar-refractivity contribution in [3.63, 3.8) is 0 Å². The van der Waals surface area contributed by atoms with E-state index in [1.165, 1.54) is 5.56 Å². The molecular formula is C15H15N3. The summed E-state index contributed by atoms with van der Waals surface area (Å²) in [5, 5.41) is 8.99. The van der Waals surface area contributed by atoms with Gasteiger partial charge in [0.25, 0.3) is 0 Å². The summed E-state index contributed by atoms with van der Waals surface area (Å²) >= 11 is 0. The summed E-state index contributed by atoms with van der Waals surface area (Å²) in [5.41, 5.74) is 9.98. The molecule has 0 aliphatic heterocycles. The van der Waals surface area contributed by atoms with Gasteiger partial charge in [-0.05, 0) is 42.8 Å². The van der Waals surface area contributed by atoms with Crippen LogP contribution in [0.3, 0.4) is 0 Å². The van der Waals surface area contributed by atoms with E-state index in [0.29, 0.717) is 11.3 Å². The molecule has 0 aromatic heterocycles. The smallest absolute Gasteiger partial charge is 0.101 e. The second-order valence-corrected chi connectivity index (χ2v) is 4.28. The normalized spacial score (nSPS) is 9.83. The summed E-state index contributed by atoms with van der Waals surface area (Å²) in [5.74, 6) is 0. The van der Waals surface area contributed by atoms with Crippen molar-refractivity contribution in [1.29, 1.82) is 5.26 Å². The van der Waals surface area contributed by atoms with Gasteiger partial charge < -0.3 is 10.6 Å². The predicted octanol–water partition coefficient (Wildman–Crippen LogP) is 3.22. The predicted molar refractivity (Wildman–Crippen MR) is 74.8 cm³/mol. The minimum Gasteiger partial charge on any atom is -0.398 e. The van der Waals surface area contributed by atoms with E-state index in [1.807, 2.05) is 30.1 Å². The van der Waals surface area contributed by atoms with Gasteiger partial charge in [-0.15, -0.1) is 0 Å². The summed E-state index contributed by atoms with van der Waals surface area (Å²) < 4.78 is 0. The lowest BCUT2D eigenvalue weighted by Gasteiger charge is -2.20. The van der Waals surface area contributed by atoms with E-state index in [2.05, 4.69) is 25.1 Å². The van der Waals surface area contributed by atoms with E-state index < -0.39 is 0 Å². The molecule has 2 rings (SSSR count). The number of nitrogens with two attached hydrogens (primary N) is 1. The van der Waals surface area contributed by atoms with Crippen molar-refractivity contribution >= 4 is 17.1 Å². The molecule has 18 heavy (non-hydrogen) atoms. The Bertz CT molecular complexity index is 611. The molecule has 2 aromatic rings. The fraction of sp³-hybridized carbons (Fsp3) is 0.133. The van der Waals surface area contributed by atoms with Gasteiger partial charge in [-0.3, -0.25) is 0 Å². The molecular weight excluding hydrogens is 222 g/mol. The third-order valence-electron chi connectivity index (χ3n) is 2.93. The molecule has 2 aromatic carbocycles. The molecule has 0 spiro atoms. The number of hydrogen-bond acceptors (Lipinski definition) is 3. The fourth-order valence-electron chi connectivity index (χ4n) is 1.84. The largest absolute Gasteiger partial charge is 0.398 e. The standard InChI is InChI=1S/C15H15N3/c1-11-4-3-5-13(8-11)18(2)14-6-7-15(17)12(9-14)10-16/h3-9H,17H2,1-2H3. The number of nitrogens with zero attached hydrogens (tertiary/aromatic N) is 2. The Hall–Kier alpha value is -2.47. The first-order valence-corrected chi connectivity index (χ1v) is 5.72. The van der Waals surface area contributed by atoms with E-state index >= 15 is 0 Å². The first kappa shape index (κ1) is 12.0. The van der Waals surface area contributed by atoms with Gasteiger partial charge in [0, 0.05) is 24.1 Å². The van der Waals surface area contributed by atoms with Crippen LogP contribution in [0.2, 0.25) is 0 Å². The van der Waals surface area contributed by atoms with E-state index in [-0.39, 0.29) is 0 Å². The second kappa shape index (κ2) is 4.80. The molecule has 0 unspecified atom stereocenters. The Kier molecular flexibility index (Phi) is 3.20. The summed E-state index contributed by atoms with van der Waals surface area (Å²) in [6.07, 6.45) is 0. The first-order valence-electron chi connectivity index (χ1n) is 5.72. The summed E-state index contributed by atoms with van der Waals surface area (Å²) in [6, 6.07) is 15.8. The molecule has 0 radical (unpaired) electrons. The molecule has 0 aliphatic rings. The molecule has 3 nitrogen and oxygen atoms in total. The highest BCUT2D eigenvalue weighted by Gasteiger charge is 2.06. The Morgan fingerprint density at radius 2 is 1.83 bits per heavy atom. The Balaban J connectivity index is 2.40. The SMILES string of the molecule is Cc1cccc(N(C)c2ccc(N)c(C#N)c2)c1. The van der Waals surface area contributed by atoms with Crippen molar-refractivity contribution in [2.45, 2.75) is 6.92 Å². The van der Waals surface area contributed by atoms with Crippen LogP contribution in [0.25, 0.3) is 0 Å². The maximum Gasteiger partial charge on any atom is 0.101 e. The molecule has 0 saturated carbocycles. The Morgan fingerprint density at radius 1 is 1.11 bits per heavy atom. The first-order chi connectivity index (χ1) is 8.61. The van der Waals surface area contributed by atoms with Crippen LogP contribution in [0, 0.1) is 18.3 Å². The molecule has 0 atom stereocenters. The number of aryl methyl sites for hydroxylation is 1. The second-order valence-electron chi connectivity index (χ2n) is 4.28. The summed E-state index contributed by atoms with van der Waals surface area (Å²) in [7, 11) is 1.97. The van der Waals surface area contributed by atoms with Crippen molar-refractivity contribution in [3.8, 4) is 6.07 Å². The summed E-state index contributed by atoms with van der Waals surface area (Å²) in [4.78, 5) is 2.04. The monoisotopic (exact) mass is 237 g/mol. The zero-order chi connectivity index (χ0) is 13.1. The Morgan fingerprint density at radius 3 is 2.50 bits per heavy atom. The van der Waals surface area contributed by atoms with Crippen molar-refractivity contribution in [3.05, 3.63) is 53.6 Å². The van der Waals surface area contributed by atoms with Crippen molar-refractivity contribution in [1.82, 2.24) is 0 Å². The number of nitriles is 1. The van der Waals surface area contributed by atoms with E-state index in [1.54, 1.807) is 12.1 Å². The average molecular weight is 237 g/mol. The van der Waals surface area contributed by atoms with Gasteiger partial charge in [-0.2, -0.15) is 5.26 Å². The molecule has 0 heterocycles. The van der Waals surface area contributed by atoms with Gasteiger partial charge in [0.05, 0.1) is 5.56 Å². The van der Waals surface area contributed by atoms with Crippen LogP contribution in [0.4, 0.5) is 17.1 Å². The summed E-state index contributed by atoms with van der Waals surface area (Å²) in [6.45, 7) is 2.06. The fourth-order valence-corrected chi connectivity index (χ4v) is 1.84. The quantitative estimate of drug-likeness (QED) is 0.816. The maximum atomic E-state index is 8.99. The van der Waals surface area contributed by atoms with Crippen LogP contribution >= 0.6 is 0 Å². The van der Waals surface area contributed by atoms with Crippen molar-refractivity contribution < 1.29 is 0 Å². The van der Waals surface area contributed by atoms with Crippen LogP contribution < -0.4 is 10.6 Å². The maximum absolute atomic E-state index is 8.99. The lowest BCUT2D eigenvalue weighted by Crippen LogP contribution is -2.10. The lowest BCUT2D eigenvalue weighted by atomic mass is 10.1. The highest BCUT2D eigenvalue weighted by atomic mass is 15.1. The number of nitrogen functional groups attached to an aromatic ring is 1. The van der Waals surface area contributed by atoms with Crippen molar-refractivity contribution in [2.75, 3.05) is 17.7 Å². The van der Waals surface area contributed by atoms with Gasteiger partial charge in [0.2, 0.25) is 0 Å². The zero-order valence-electron chi connectivity index (χ0n) is 10.5. The zero-order valence-corrected chi connectivity index (χ0v) is 10.5. The number of anilines is 3. The van der Waals surface area contributed by atoms with Crippen LogP contribution in [0.1, 0.15) is 11.1 Å². The molecule has 0 fully saturated rings.